The number of ether oxygens (including phenoxy) is 6. The summed E-state index contributed by atoms with van der Waals surface area (Å²) in [5, 5.41) is 24.5. The second-order valence-corrected chi connectivity index (χ2v) is 37.6. The van der Waals surface area contributed by atoms with Gasteiger partial charge in [0.15, 0.2) is 0 Å². The van der Waals surface area contributed by atoms with Gasteiger partial charge in [0.1, 0.15) is 41.0 Å². The van der Waals surface area contributed by atoms with Crippen molar-refractivity contribution in [1.29, 1.82) is 0 Å². The van der Waals surface area contributed by atoms with E-state index >= 15 is 0 Å². The molecule has 0 spiro atoms. The quantitative estimate of drug-likeness (QED) is 0.0268. The van der Waals surface area contributed by atoms with Crippen LogP contribution in [0.3, 0.4) is 0 Å². The third-order valence-electron chi connectivity index (χ3n) is 19.0. The van der Waals surface area contributed by atoms with Crippen molar-refractivity contribution >= 4 is 175 Å². The Bertz CT molecular complexity index is 5220. The van der Waals surface area contributed by atoms with Crippen molar-refractivity contribution < 1.29 is 236 Å². The van der Waals surface area contributed by atoms with E-state index in [9.17, 15) is 53.4 Å². The first-order chi connectivity index (χ1) is 60.4. The van der Waals surface area contributed by atoms with Crippen LogP contribution in [0.25, 0.3) is 0 Å². The van der Waals surface area contributed by atoms with Crippen LogP contribution in [0.4, 0.5) is 93.1 Å². The van der Waals surface area contributed by atoms with Crippen molar-refractivity contribution in [1.82, 2.24) is 0 Å². The van der Waals surface area contributed by atoms with Crippen molar-refractivity contribution in [2.24, 2.45) is 0 Å². The zero-order valence-corrected chi connectivity index (χ0v) is 99.5. The van der Waals surface area contributed by atoms with E-state index < -0.39 is 67.9 Å². The number of carbonyl (C=O) groups is 9. The number of nitrogens with zero attached hydrogens (tertiary/aromatic N) is 11. The Balaban J connectivity index is -0.00000156. The summed E-state index contributed by atoms with van der Waals surface area (Å²) in [7, 11) is 37.4. The van der Waals surface area contributed by atoms with Crippen LogP contribution in [-0.2, 0) is 37.6 Å². The minimum Gasteiger partial charge on any atom is -1.00 e. The second kappa shape index (κ2) is 58.7. The minimum absolute atomic E-state index is 0. The van der Waals surface area contributed by atoms with E-state index in [1.54, 1.807) is 147 Å². The largest absolute Gasteiger partial charge is 1.00 e. The second-order valence-electron chi connectivity index (χ2n) is 34.2. The number of carboxylic acid groups (broad SMARTS) is 2. The monoisotopic (exact) mass is 2240 g/mol. The summed E-state index contributed by atoms with van der Waals surface area (Å²) in [6.07, 6.45) is -1.32. The van der Waals surface area contributed by atoms with E-state index in [4.69, 9.17) is 32.6 Å². The summed E-state index contributed by atoms with van der Waals surface area (Å²) in [5.41, 5.74) is 12.8. The number of esters is 2. The number of hydrogen-bond donors (Lipinski definition) is 4. The number of aldehydes is 1. The Morgan fingerprint density at radius 2 is 0.689 bits per heavy atom. The summed E-state index contributed by atoms with van der Waals surface area (Å²) in [4.78, 5) is 126. The van der Waals surface area contributed by atoms with E-state index in [-0.39, 0.29) is 193 Å². The Kier molecular flexibility index (Phi) is 56.0. The number of aromatic carboxylic acids is 2. The molecule has 10 rings (SSSR count). The van der Waals surface area contributed by atoms with Crippen LogP contribution in [0, 0.1) is 0 Å². The van der Waals surface area contributed by atoms with Crippen LogP contribution in [0.2, 0.25) is 0 Å². The molecule has 0 aliphatic carbocycles. The zero-order valence-electron chi connectivity index (χ0n) is 84.0. The predicted molar refractivity (Wildman–Crippen MR) is 542 cm³/mol. The molecule has 0 radical (unpaired) electrons. The number of anilines is 13. The molecule has 2 aliphatic heterocycles. The molecule has 4 amide bonds. The van der Waals surface area contributed by atoms with Crippen LogP contribution < -0.4 is 202 Å². The number of halogens is 3. The molecule has 2 atom stereocenters. The van der Waals surface area contributed by atoms with Gasteiger partial charge in [-0.25, -0.2) is 42.6 Å². The molecule has 0 bridgehead atoms. The third-order valence-corrected chi connectivity index (χ3v) is 19.5. The van der Waals surface area contributed by atoms with Gasteiger partial charge in [-0.15, -0.1) is 0 Å². The number of rotatable bonds is 18. The van der Waals surface area contributed by atoms with Crippen molar-refractivity contribution in [3.63, 3.8) is 0 Å². The molecule has 0 aromatic heterocycles. The smallest absolute Gasteiger partial charge is 1.00 e. The number of hydrogen-bond acceptors (Lipinski definition) is 27. The first-order valence-electron chi connectivity index (χ1n) is 41.2. The molecule has 2 heterocycles. The van der Waals surface area contributed by atoms with Crippen LogP contribution in [-0.4, -0.2) is 228 Å². The molecule has 0 fully saturated rings. The molecule has 135 heavy (non-hydrogen) atoms. The zero-order chi connectivity index (χ0) is 98.7. The molecule has 8 aromatic carbocycles. The standard InChI is InChI=1S/C20H25N3O2.C19H28N2O6.C18H27BrN2O4.C18H21N3O2.C11H16N2O2.C9H11NO.CH4.Cl2OS.2Cs.2H2O.H/c1-6-25-20(24)15-9-12-17-18(13-15)23(5)19(22(17)4)14-7-10-16(11-8-14)21(2)3;1-18(2,3)26-16(24)20(7)13-10-9-12(15(22)23)11-14(13)21(8)17(25)27-19(4,5)6;1-17(2,3)24-15(22)20(7)13-10-9-12(19)11-14(13)21(8)16(23)25-18(4,5)6;1-19(2)14-8-5-12(6-9-14)17-20(3)15-10-7-13(18(22)23)11-16(15)21(17)4;1-4-15-11(14)8-5-6-9(12-2)10(7-8)13-3;1-10(2)9-5-3-8(7-11)4-6-9;;1-4(2)3;;;;;/h7-13,19H,6H2,1-5H3;9-11H,1-8H3,(H,22,23);9-11H,1-8H3;5-11,17H,1-4H3,(H,22,23);5-7,12-13H,4H2,1-3H3;3-7H,1-2H3;1H4;;;;2*1H2;/q;;;;;;;;2*+1;;;-1/p-2. The molecule has 734 valence electrons. The SMILES string of the molecule is C.CCOC(=O)c1ccc(NC)c(NC)c1.CCOC(=O)c1ccc2c(c1)N(C)C(c1ccc(N(C)C)cc1)N2C.CN(C(=O)OC(C)(C)C)c1ccc(Br)cc1N(C)C(=O)OC(C)(C)C.CN(C(=O)OC(C)(C)C)c1ccc(C(=O)O)cc1N(C)C(=O)OC(C)(C)C.CN(C)c1ccc(C2N(C)c3ccc(C(=O)O)cc3N2C)cc1.CN(C)c1ccc(C=O)cc1.O=S(Cl)Cl.[Cs+].[Cs+].[H-].[OH-].[OH-]. The maximum absolute atomic E-state index is 12.4. The van der Waals surface area contributed by atoms with Crippen LogP contribution in [0.1, 0.15) is 181 Å². The van der Waals surface area contributed by atoms with Gasteiger partial charge in [-0.2, -0.15) is 0 Å². The number of amides is 4. The van der Waals surface area contributed by atoms with Gasteiger partial charge in [-0.1, -0.05) is 47.6 Å². The van der Waals surface area contributed by atoms with Crippen molar-refractivity contribution in [3.05, 3.63) is 207 Å². The summed E-state index contributed by atoms with van der Waals surface area (Å²) < 4.78 is 41.4. The van der Waals surface area contributed by atoms with Crippen LogP contribution in [0.15, 0.2) is 168 Å². The van der Waals surface area contributed by atoms with Gasteiger partial charge in [0.2, 0.25) is 9.23 Å². The Morgan fingerprint density at radius 1 is 0.415 bits per heavy atom. The van der Waals surface area contributed by atoms with E-state index in [0.29, 0.717) is 47.0 Å². The summed E-state index contributed by atoms with van der Waals surface area (Å²) in [6, 6.07) is 50.2. The Labute approximate surface area is 935 Å². The van der Waals surface area contributed by atoms with E-state index in [1.807, 2.05) is 137 Å². The number of carbonyl (C=O) groups excluding carboxylic acids is 7. The molecule has 2 aliphatic rings. The van der Waals surface area contributed by atoms with Gasteiger partial charge in [0.25, 0.3) is 0 Å². The van der Waals surface area contributed by atoms with Gasteiger partial charge >= 0.3 is 186 Å². The van der Waals surface area contributed by atoms with Gasteiger partial charge < -0.3 is 95.9 Å². The minimum atomic E-state index is -1.67. The first kappa shape index (κ1) is 129. The van der Waals surface area contributed by atoms with E-state index in [0.717, 1.165) is 66.7 Å². The van der Waals surface area contributed by atoms with Crippen molar-refractivity contribution in [2.45, 2.75) is 139 Å². The fourth-order valence-electron chi connectivity index (χ4n) is 12.6. The normalized spacial score (nSPS) is 12.3. The summed E-state index contributed by atoms with van der Waals surface area (Å²) in [5.74, 6) is -2.63. The van der Waals surface area contributed by atoms with Crippen molar-refractivity contribution in [2.75, 3.05) is 191 Å². The van der Waals surface area contributed by atoms with E-state index in [2.05, 4.69) is 140 Å². The molecular weight excluding hydrogens is 2100 g/mol. The molecule has 0 saturated carbocycles. The molecule has 39 heteroatoms. The van der Waals surface area contributed by atoms with Gasteiger partial charge in [-0.05, 0) is 248 Å². The number of nitrogens with one attached hydrogen (secondary N) is 2. The average molecular weight is 2240 g/mol. The fourth-order valence-corrected chi connectivity index (χ4v) is 13.0. The van der Waals surface area contributed by atoms with Gasteiger partial charge in [0.05, 0.1) is 92.3 Å². The van der Waals surface area contributed by atoms with E-state index in [1.165, 1.54) is 63.8 Å². The Hall–Kier alpha value is -8.18. The van der Waals surface area contributed by atoms with Crippen LogP contribution >= 0.6 is 37.3 Å². The predicted octanol–water partition coefficient (Wildman–Crippen LogP) is 14.8. The van der Waals surface area contributed by atoms with Crippen molar-refractivity contribution in [3.8, 4) is 0 Å². The van der Waals surface area contributed by atoms with Gasteiger partial charge in [-0.3, -0.25) is 24.4 Å². The number of fused-ring (bicyclic) bond motifs is 2. The topological polar surface area (TPSA) is 386 Å². The van der Waals surface area contributed by atoms with Gasteiger partial charge in [0, 0.05) is 161 Å². The molecule has 0 saturated heterocycles. The Morgan fingerprint density at radius 3 is 1.00 bits per heavy atom. The molecule has 2 unspecified atom stereocenters. The number of carboxylic acids is 2. The number of benzene rings is 8. The summed E-state index contributed by atoms with van der Waals surface area (Å²) >= 11 is 3.40. The first-order valence-corrected chi connectivity index (χ1v) is 44.8. The molecule has 6 N–H and O–H groups in total. The average Bonchev–Trinajstić information content (AvgIpc) is 1.63. The third kappa shape index (κ3) is 40.3. The summed E-state index contributed by atoms with van der Waals surface area (Å²) in [6.45, 7) is 25.6. The molecular formula is C96H135BrCl2Cs2N13O20S-. The fraction of sp³-hybridized carbons (Fsp3) is 0.406. The molecule has 8 aromatic rings. The maximum Gasteiger partial charge on any atom is 1.00 e. The van der Waals surface area contributed by atoms with Crippen LogP contribution in [0.5, 0.6) is 0 Å². The molecule has 33 nitrogen and oxygen atoms in total. The maximum atomic E-state index is 12.4.